The average Bonchev–Trinajstić information content (AvgIpc) is 2.53. The van der Waals surface area contributed by atoms with Gasteiger partial charge in [0.2, 0.25) is 0 Å². The fourth-order valence-electron chi connectivity index (χ4n) is 2.29. The molecule has 25 heavy (non-hydrogen) atoms. The lowest BCUT2D eigenvalue weighted by molar-refractivity contribution is -0.136. The number of hydrogen-bond acceptors (Lipinski definition) is 3. The maximum atomic E-state index is 13.0. The highest BCUT2D eigenvalue weighted by atomic mass is 32.1. The first kappa shape index (κ1) is 17.0. The normalized spacial score (nSPS) is 11.3. The van der Waals surface area contributed by atoms with E-state index in [1.165, 1.54) is 18.2 Å². The molecule has 2 aromatic carbocycles. The molecule has 128 valence electrons. The van der Waals surface area contributed by atoms with Crippen LogP contribution >= 0.6 is 12.2 Å². The average molecular weight is 364 g/mol. The lowest BCUT2D eigenvalue weighted by Gasteiger charge is -2.12. The van der Waals surface area contributed by atoms with Crippen LogP contribution in [0.1, 0.15) is 5.56 Å². The zero-order valence-electron chi connectivity index (χ0n) is 12.6. The highest BCUT2D eigenvalue weighted by Crippen LogP contribution is 2.34. The third-order valence-corrected chi connectivity index (χ3v) is 3.54. The third-order valence-electron chi connectivity index (χ3n) is 3.34. The third kappa shape index (κ3) is 3.97. The fraction of sp³-hybridized carbons (Fsp3) is 0.0588. The van der Waals surface area contributed by atoms with E-state index in [0.717, 1.165) is 5.69 Å². The summed E-state index contributed by atoms with van der Waals surface area (Å²) in [5.74, 6) is 0. The van der Waals surface area contributed by atoms with Crippen molar-refractivity contribution in [2.75, 3.05) is 10.6 Å². The second kappa shape index (κ2) is 6.56. The largest absolute Gasteiger partial charge is 0.423 e. The van der Waals surface area contributed by atoms with E-state index in [-0.39, 0.29) is 16.1 Å². The Hall–Kier alpha value is -2.87. The van der Waals surface area contributed by atoms with Gasteiger partial charge in [0.15, 0.2) is 5.11 Å². The summed E-state index contributed by atoms with van der Waals surface area (Å²) in [6.07, 6.45) is -4.65. The molecule has 1 heterocycles. The minimum atomic E-state index is -4.65. The molecule has 0 unspecified atom stereocenters. The molecule has 4 nitrogen and oxygen atoms in total. The maximum Gasteiger partial charge on any atom is 0.417 e. The van der Waals surface area contributed by atoms with E-state index in [1.807, 2.05) is 30.3 Å². The van der Waals surface area contributed by atoms with Crippen LogP contribution in [0.5, 0.6) is 0 Å². The smallest absolute Gasteiger partial charge is 0.417 e. The number of halogens is 3. The number of benzene rings is 2. The van der Waals surface area contributed by atoms with E-state index >= 15 is 0 Å². The van der Waals surface area contributed by atoms with E-state index in [2.05, 4.69) is 10.6 Å². The number of nitrogens with one attached hydrogen (secondary N) is 2. The molecule has 0 saturated carbocycles. The zero-order valence-corrected chi connectivity index (χ0v) is 13.4. The van der Waals surface area contributed by atoms with Crippen molar-refractivity contribution in [2.24, 2.45) is 0 Å². The summed E-state index contributed by atoms with van der Waals surface area (Å²) < 4.78 is 44.0. The van der Waals surface area contributed by atoms with E-state index in [9.17, 15) is 18.0 Å². The quantitative estimate of drug-likeness (QED) is 0.513. The number of hydrogen-bond donors (Lipinski definition) is 2. The van der Waals surface area contributed by atoms with Crippen LogP contribution in [0, 0.1) is 0 Å². The van der Waals surface area contributed by atoms with Gasteiger partial charge in [0.05, 0.1) is 5.56 Å². The molecule has 0 saturated heterocycles. The number of anilines is 2. The van der Waals surface area contributed by atoms with E-state index in [0.29, 0.717) is 11.8 Å². The topological polar surface area (TPSA) is 54.3 Å². The van der Waals surface area contributed by atoms with E-state index in [4.69, 9.17) is 16.6 Å². The summed E-state index contributed by atoms with van der Waals surface area (Å²) in [6, 6.07) is 13.5. The Morgan fingerprint density at radius 3 is 2.32 bits per heavy atom. The minimum absolute atomic E-state index is 0.174. The molecule has 0 aliphatic rings. The van der Waals surface area contributed by atoms with Crippen LogP contribution in [0.15, 0.2) is 63.8 Å². The van der Waals surface area contributed by atoms with Gasteiger partial charge in [-0.1, -0.05) is 18.2 Å². The van der Waals surface area contributed by atoms with Gasteiger partial charge < -0.3 is 15.1 Å². The Morgan fingerprint density at radius 2 is 1.64 bits per heavy atom. The van der Waals surface area contributed by atoms with Crippen molar-refractivity contribution in [3.8, 4) is 0 Å². The highest BCUT2D eigenvalue weighted by Gasteiger charge is 2.33. The molecule has 0 bridgehead atoms. The second-order valence-corrected chi connectivity index (χ2v) is 5.54. The van der Waals surface area contributed by atoms with Gasteiger partial charge in [0.1, 0.15) is 5.58 Å². The minimum Gasteiger partial charge on any atom is -0.423 e. The van der Waals surface area contributed by atoms with Crippen LogP contribution in [0.3, 0.4) is 0 Å². The molecule has 0 fully saturated rings. The van der Waals surface area contributed by atoms with Crippen molar-refractivity contribution >= 4 is 39.7 Å². The second-order valence-electron chi connectivity index (χ2n) is 5.13. The standard InChI is InChI=1S/C17H11F3N2O2S/c18-17(19,20)13-9-15(23)24-14-8-11(6-7-12(13)14)22-16(25)21-10-4-2-1-3-5-10/h1-9H,(H2,21,22,25). The van der Waals surface area contributed by atoms with Gasteiger partial charge in [-0.05, 0) is 36.5 Å². The molecule has 8 heteroatoms. The van der Waals surface area contributed by atoms with Crippen molar-refractivity contribution in [1.29, 1.82) is 0 Å². The van der Waals surface area contributed by atoms with Crippen LogP contribution in [-0.4, -0.2) is 5.11 Å². The Balaban J connectivity index is 1.89. The molecule has 3 aromatic rings. The first-order valence-electron chi connectivity index (χ1n) is 7.11. The molecule has 2 N–H and O–H groups in total. The summed E-state index contributed by atoms with van der Waals surface area (Å²) in [4.78, 5) is 11.4. The monoisotopic (exact) mass is 364 g/mol. The number of thiocarbonyl (C=S) groups is 1. The van der Waals surface area contributed by atoms with Crippen molar-refractivity contribution in [3.63, 3.8) is 0 Å². The molecule has 0 aliphatic heterocycles. The van der Waals surface area contributed by atoms with Gasteiger partial charge in [0, 0.05) is 28.9 Å². The lowest BCUT2D eigenvalue weighted by Crippen LogP contribution is -2.19. The van der Waals surface area contributed by atoms with Crippen LogP contribution in [0.25, 0.3) is 11.0 Å². The summed E-state index contributed by atoms with van der Waals surface area (Å²) in [6.45, 7) is 0. The molecule has 3 rings (SSSR count). The molecule has 0 amide bonds. The van der Waals surface area contributed by atoms with Gasteiger partial charge in [-0.15, -0.1) is 0 Å². The van der Waals surface area contributed by atoms with Gasteiger partial charge >= 0.3 is 11.8 Å². The van der Waals surface area contributed by atoms with Crippen molar-refractivity contribution < 1.29 is 17.6 Å². The number of fused-ring (bicyclic) bond motifs is 1. The Bertz CT molecular complexity index is 985. The first-order chi connectivity index (χ1) is 11.8. The van der Waals surface area contributed by atoms with Gasteiger partial charge in [-0.3, -0.25) is 0 Å². The molecule has 0 spiro atoms. The molecule has 0 radical (unpaired) electrons. The Kier molecular flexibility index (Phi) is 4.45. The molecular weight excluding hydrogens is 353 g/mol. The van der Waals surface area contributed by atoms with E-state index < -0.39 is 17.4 Å². The summed E-state index contributed by atoms with van der Waals surface area (Å²) in [5, 5.41) is 5.83. The molecular formula is C17H11F3N2O2S. The molecule has 0 atom stereocenters. The first-order valence-corrected chi connectivity index (χ1v) is 7.52. The predicted molar refractivity (Wildman–Crippen MR) is 93.8 cm³/mol. The van der Waals surface area contributed by atoms with Crippen molar-refractivity contribution in [2.45, 2.75) is 6.18 Å². The fourth-order valence-corrected chi connectivity index (χ4v) is 2.53. The van der Waals surface area contributed by atoms with E-state index in [1.54, 1.807) is 0 Å². The van der Waals surface area contributed by atoms with Crippen LogP contribution in [-0.2, 0) is 6.18 Å². The molecule has 1 aromatic heterocycles. The zero-order chi connectivity index (χ0) is 18.0. The van der Waals surface area contributed by atoms with Crippen molar-refractivity contribution in [3.05, 3.63) is 70.6 Å². The summed E-state index contributed by atoms with van der Waals surface area (Å²) in [5.41, 5.74) is -1.13. The van der Waals surface area contributed by atoms with Gasteiger partial charge in [-0.25, -0.2) is 4.79 Å². The lowest BCUT2D eigenvalue weighted by atomic mass is 10.1. The van der Waals surface area contributed by atoms with Crippen molar-refractivity contribution in [1.82, 2.24) is 0 Å². The van der Waals surface area contributed by atoms with Gasteiger partial charge in [-0.2, -0.15) is 13.2 Å². The Labute approximate surface area is 145 Å². The highest BCUT2D eigenvalue weighted by molar-refractivity contribution is 7.80. The van der Waals surface area contributed by atoms with Crippen LogP contribution in [0.4, 0.5) is 24.5 Å². The molecule has 0 aliphatic carbocycles. The summed E-state index contributed by atoms with van der Waals surface area (Å²) >= 11 is 5.16. The number of para-hydroxylation sites is 1. The van der Waals surface area contributed by atoms with Crippen LogP contribution < -0.4 is 16.3 Å². The maximum absolute atomic E-state index is 13.0. The SMILES string of the molecule is O=c1cc(C(F)(F)F)c2ccc(NC(=S)Nc3ccccc3)cc2o1. The number of rotatable bonds is 2. The predicted octanol–water partition coefficient (Wildman–Crippen LogP) is 4.62. The number of alkyl halides is 3. The Morgan fingerprint density at radius 1 is 0.960 bits per heavy atom. The summed E-state index contributed by atoms with van der Waals surface area (Å²) in [7, 11) is 0. The van der Waals surface area contributed by atoms with Crippen LogP contribution in [0.2, 0.25) is 0 Å². The van der Waals surface area contributed by atoms with Gasteiger partial charge in [0.25, 0.3) is 0 Å².